The van der Waals surface area contributed by atoms with E-state index in [9.17, 15) is 19.7 Å². The first-order valence-corrected chi connectivity index (χ1v) is 12.9. The summed E-state index contributed by atoms with van der Waals surface area (Å²) < 4.78 is 16.5. The number of rotatable bonds is 10. The fourth-order valence-electron chi connectivity index (χ4n) is 4.21. The monoisotopic (exact) mass is 563 g/mol. The summed E-state index contributed by atoms with van der Waals surface area (Å²) in [5, 5.41) is 15.7. The first-order chi connectivity index (χ1) is 20.4. The molecule has 10 nitrogen and oxygen atoms in total. The molecular formula is C32H25N3O7. The second kappa shape index (κ2) is 12.6. The number of esters is 1. The zero-order valence-corrected chi connectivity index (χ0v) is 22.5. The number of benzene rings is 4. The molecule has 0 atom stereocenters. The molecule has 1 aromatic heterocycles. The highest BCUT2D eigenvalue weighted by Gasteiger charge is 2.18. The zero-order valence-electron chi connectivity index (χ0n) is 22.5. The third kappa shape index (κ3) is 6.86. The van der Waals surface area contributed by atoms with Crippen LogP contribution >= 0.6 is 0 Å². The minimum Gasteiger partial charge on any atom is -0.489 e. The van der Waals surface area contributed by atoms with Crippen molar-refractivity contribution in [3.8, 4) is 17.4 Å². The van der Waals surface area contributed by atoms with Gasteiger partial charge in [-0.2, -0.15) is 0 Å². The van der Waals surface area contributed by atoms with Crippen LogP contribution in [0.2, 0.25) is 0 Å². The van der Waals surface area contributed by atoms with Gasteiger partial charge in [-0.1, -0.05) is 48.5 Å². The largest absolute Gasteiger partial charge is 0.489 e. The van der Waals surface area contributed by atoms with E-state index in [-0.39, 0.29) is 23.4 Å². The lowest BCUT2D eigenvalue weighted by molar-refractivity contribution is -0.384. The van der Waals surface area contributed by atoms with Crippen LogP contribution in [0.5, 0.6) is 17.4 Å². The predicted molar refractivity (Wildman–Crippen MR) is 156 cm³/mol. The van der Waals surface area contributed by atoms with Crippen molar-refractivity contribution in [1.29, 1.82) is 0 Å². The highest BCUT2D eigenvalue weighted by atomic mass is 16.6. The fraction of sp³-hybridized carbons (Fsp3) is 0.0938. The molecule has 0 aliphatic rings. The summed E-state index contributed by atoms with van der Waals surface area (Å²) in [6.07, 6.45) is 1.42. The number of hydrogen-bond acceptors (Lipinski definition) is 8. The molecule has 1 amide bonds. The lowest BCUT2D eigenvalue weighted by Crippen LogP contribution is -2.17. The Labute approximate surface area is 240 Å². The summed E-state index contributed by atoms with van der Waals surface area (Å²) in [6.45, 7) is 0.486. The van der Waals surface area contributed by atoms with Gasteiger partial charge in [0, 0.05) is 24.4 Å². The van der Waals surface area contributed by atoms with E-state index in [0.717, 1.165) is 28.2 Å². The molecular weight excluding hydrogens is 538 g/mol. The van der Waals surface area contributed by atoms with Crippen LogP contribution in [0.1, 0.15) is 21.5 Å². The van der Waals surface area contributed by atoms with E-state index in [1.807, 2.05) is 66.7 Å². The molecule has 210 valence electrons. The van der Waals surface area contributed by atoms with Crippen LogP contribution in [0.25, 0.3) is 10.8 Å². The molecule has 4 aromatic carbocycles. The summed E-state index contributed by atoms with van der Waals surface area (Å²) >= 11 is 0. The van der Waals surface area contributed by atoms with Gasteiger partial charge in [-0.05, 0) is 52.2 Å². The van der Waals surface area contributed by atoms with E-state index in [0.29, 0.717) is 23.8 Å². The SMILES string of the molecule is COC(=O)c1ccc([N+](=O)[O-])cc1NC(=O)Cc1ccc(Oc2ccc3cc(OCc4ccccc4)ccc3c2)nc1. The number of nitro groups is 1. The lowest BCUT2D eigenvalue weighted by atomic mass is 10.1. The number of aromatic nitrogens is 1. The van der Waals surface area contributed by atoms with Crippen molar-refractivity contribution in [3.63, 3.8) is 0 Å². The van der Waals surface area contributed by atoms with Gasteiger partial charge in [0.1, 0.15) is 18.1 Å². The predicted octanol–water partition coefficient (Wildman–Crippen LogP) is 6.48. The smallest absolute Gasteiger partial charge is 0.339 e. The van der Waals surface area contributed by atoms with Crippen molar-refractivity contribution in [1.82, 2.24) is 4.98 Å². The number of non-ortho nitro benzene ring substituents is 1. The fourth-order valence-corrected chi connectivity index (χ4v) is 4.21. The number of anilines is 1. The van der Waals surface area contributed by atoms with Crippen LogP contribution in [0.3, 0.4) is 0 Å². The summed E-state index contributed by atoms with van der Waals surface area (Å²) in [5.41, 5.74) is 1.39. The summed E-state index contributed by atoms with van der Waals surface area (Å²) in [4.78, 5) is 39.5. The number of carbonyl (C=O) groups is 2. The van der Waals surface area contributed by atoms with Gasteiger partial charge in [-0.25, -0.2) is 9.78 Å². The molecule has 5 aromatic rings. The van der Waals surface area contributed by atoms with Crippen LogP contribution < -0.4 is 14.8 Å². The Morgan fingerprint density at radius 2 is 1.60 bits per heavy atom. The third-order valence-corrected chi connectivity index (χ3v) is 6.31. The standard InChI is InChI=1S/C32H25N3O7/c1-40-32(37)28-13-10-25(35(38)39)18-29(28)34-30(36)15-22-7-14-31(33-19-22)42-27-12-9-23-16-26(11-8-24(23)17-27)41-20-21-5-3-2-4-6-21/h2-14,16-19H,15,20H2,1H3,(H,34,36). The summed E-state index contributed by atoms with van der Waals surface area (Å²) in [6, 6.07) is 28.3. The molecule has 0 saturated carbocycles. The van der Waals surface area contributed by atoms with Crippen molar-refractivity contribution < 1.29 is 28.7 Å². The van der Waals surface area contributed by atoms with Crippen LogP contribution in [-0.4, -0.2) is 28.9 Å². The number of methoxy groups -OCH3 is 1. The number of nitrogens with one attached hydrogen (secondary N) is 1. The van der Waals surface area contributed by atoms with Gasteiger partial charge in [0.2, 0.25) is 11.8 Å². The maximum atomic E-state index is 12.7. The Morgan fingerprint density at radius 3 is 2.29 bits per heavy atom. The quantitative estimate of drug-likeness (QED) is 0.116. The summed E-state index contributed by atoms with van der Waals surface area (Å²) in [5.74, 6) is 0.493. The van der Waals surface area contributed by atoms with Gasteiger partial charge in [0.25, 0.3) is 5.69 Å². The maximum absolute atomic E-state index is 12.7. The van der Waals surface area contributed by atoms with Crippen LogP contribution in [-0.2, 0) is 22.6 Å². The minimum absolute atomic E-state index is 0.00430. The highest BCUT2D eigenvalue weighted by Crippen LogP contribution is 2.28. The summed E-state index contributed by atoms with van der Waals surface area (Å²) in [7, 11) is 1.18. The van der Waals surface area contributed by atoms with E-state index >= 15 is 0 Å². The molecule has 0 bridgehead atoms. The number of nitro benzene ring substituents is 1. The first kappa shape index (κ1) is 27.8. The van der Waals surface area contributed by atoms with E-state index in [1.54, 1.807) is 12.1 Å². The molecule has 1 heterocycles. The molecule has 10 heteroatoms. The Morgan fingerprint density at radius 1 is 0.857 bits per heavy atom. The Kier molecular flexibility index (Phi) is 8.34. The second-order valence-corrected chi connectivity index (χ2v) is 9.26. The van der Waals surface area contributed by atoms with Gasteiger partial charge >= 0.3 is 5.97 Å². The Hall–Kier alpha value is -5.77. The molecule has 0 spiro atoms. The molecule has 0 unspecified atom stereocenters. The molecule has 0 aliphatic carbocycles. The first-order valence-electron chi connectivity index (χ1n) is 12.9. The van der Waals surface area contributed by atoms with Gasteiger partial charge < -0.3 is 19.5 Å². The number of ether oxygens (including phenoxy) is 3. The third-order valence-electron chi connectivity index (χ3n) is 6.31. The Bertz CT molecular complexity index is 1760. The number of carbonyl (C=O) groups excluding carboxylic acids is 2. The molecule has 42 heavy (non-hydrogen) atoms. The topological polar surface area (TPSA) is 130 Å². The van der Waals surface area contributed by atoms with E-state index < -0.39 is 16.8 Å². The number of fused-ring (bicyclic) bond motifs is 1. The average molecular weight is 564 g/mol. The molecule has 1 N–H and O–H groups in total. The van der Waals surface area contributed by atoms with E-state index in [1.165, 1.54) is 25.4 Å². The van der Waals surface area contributed by atoms with Crippen molar-refractivity contribution in [2.75, 3.05) is 12.4 Å². The molecule has 0 radical (unpaired) electrons. The van der Waals surface area contributed by atoms with Gasteiger partial charge in [-0.15, -0.1) is 0 Å². The van der Waals surface area contributed by atoms with E-state index in [2.05, 4.69) is 10.3 Å². The normalized spacial score (nSPS) is 10.6. The van der Waals surface area contributed by atoms with Crippen molar-refractivity contribution in [2.45, 2.75) is 13.0 Å². The van der Waals surface area contributed by atoms with Crippen molar-refractivity contribution in [3.05, 3.63) is 130 Å². The highest BCUT2D eigenvalue weighted by molar-refractivity contribution is 6.02. The van der Waals surface area contributed by atoms with Gasteiger partial charge in [0.15, 0.2) is 0 Å². The number of nitrogens with zero attached hydrogens (tertiary/aromatic N) is 2. The number of hydrogen-bond donors (Lipinski definition) is 1. The lowest BCUT2D eigenvalue weighted by Gasteiger charge is -2.10. The van der Waals surface area contributed by atoms with Crippen molar-refractivity contribution >= 4 is 34.0 Å². The van der Waals surface area contributed by atoms with Gasteiger partial charge in [0.05, 0.1) is 29.7 Å². The Balaban J connectivity index is 1.20. The minimum atomic E-state index is -0.728. The zero-order chi connectivity index (χ0) is 29.5. The van der Waals surface area contributed by atoms with Gasteiger partial charge in [-0.3, -0.25) is 14.9 Å². The average Bonchev–Trinajstić information content (AvgIpc) is 3.01. The molecule has 0 fully saturated rings. The number of amides is 1. The molecule has 0 saturated heterocycles. The van der Waals surface area contributed by atoms with Crippen LogP contribution in [0.4, 0.5) is 11.4 Å². The van der Waals surface area contributed by atoms with E-state index in [4.69, 9.17) is 14.2 Å². The van der Waals surface area contributed by atoms with Crippen LogP contribution in [0, 0.1) is 10.1 Å². The second-order valence-electron chi connectivity index (χ2n) is 9.26. The molecule has 0 aliphatic heterocycles. The maximum Gasteiger partial charge on any atom is 0.339 e. The van der Waals surface area contributed by atoms with Crippen LogP contribution in [0.15, 0.2) is 103 Å². The van der Waals surface area contributed by atoms with Crippen molar-refractivity contribution in [2.24, 2.45) is 0 Å². The number of pyridine rings is 1. The molecule has 5 rings (SSSR count).